The molecule has 0 aliphatic rings. The van der Waals surface area contributed by atoms with E-state index in [1.165, 1.54) is 23.5 Å². The molecule has 4 heteroatoms. The summed E-state index contributed by atoms with van der Waals surface area (Å²) in [6.45, 7) is 1.86. The van der Waals surface area contributed by atoms with Crippen LogP contribution in [0.5, 0.6) is 0 Å². The first-order chi connectivity index (χ1) is 7.08. The molecule has 0 amide bonds. The minimum atomic E-state index is -0.572. The van der Waals surface area contributed by atoms with Gasteiger partial charge in [-0.05, 0) is 25.1 Å². The lowest BCUT2D eigenvalue weighted by Crippen LogP contribution is -1.86. The summed E-state index contributed by atoms with van der Waals surface area (Å²) >= 11 is 1.39. The van der Waals surface area contributed by atoms with Crippen LogP contribution in [0, 0.1) is 18.6 Å². The molecular weight excluding hydrogens is 216 g/mol. The third kappa shape index (κ3) is 1.85. The number of hydrogen-bond donors (Lipinski definition) is 1. The Hall–Kier alpha value is -1.42. The molecule has 0 spiro atoms. The van der Waals surface area contributed by atoms with Crippen molar-refractivity contribution in [1.29, 1.82) is 0 Å². The van der Waals surface area contributed by atoms with Gasteiger partial charge in [0.1, 0.15) is 11.6 Å². The largest absolute Gasteiger partial charge is 0.391 e. The van der Waals surface area contributed by atoms with Crippen LogP contribution in [0.25, 0.3) is 11.1 Å². The van der Waals surface area contributed by atoms with Crippen molar-refractivity contribution in [1.82, 2.24) is 0 Å². The molecule has 0 aliphatic carbocycles. The number of aryl methyl sites for hydroxylation is 1. The van der Waals surface area contributed by atoms with Gasteiger partial charge in [0, 0.05) is 22.1 Å². The summed E-state index contributed by atoms with van der Waals surface area (Å²) in [6, 6.07) is 5.25. The van der Waals surface area contributed by atoms with Gasteiger partial charge in [0.05, 0.1) is 5.00 Å². The average Bonchev–Trinajstić information content (AvgIpc) is 2.45. The van der Waals surface area contributed by atoms with Crippen molar-refractivity contribution in [2.75, 3.05) is 5.73 Å². The van der Waals surface area contributed by atoms with Gasteiger partial charge < -0.3 is 5.73 Å². The third-order valence-corrected chi connectivity index (χ3v) is 3.04. The monoisotopic (exact) mass is 225 g/mol. The highest BCUT2D eigenvalue weighted by atomic mass is 32.1. The van der Waals surface area contributed by atoms with E-state index >= 15 is 0 Å². The molecule has 0 aliphatic heterocycles. The summed E-state index contributed by atoms with van der Waals surface area (Å²) in [6.07, 6.45) is 0. The molecule has 0 saturated carbocycles. The Balaban J connectivity index is 2.59. The highest BCUT2D eigenvalue weighted by Crippen LogP contribution is 2.33. The predicted octanol–water partition coefficient (Wildman–Crippen LogP) is 3.58. The Kier molecular flexibility index (Phi) is 2.44. The van der Waals surface area contributed by atoms with E-state index in [0.717, 1.165) is 16.5 Å². The molecule has 2 aromatic rings. The molecule has 1 aromatic carbocycles. The van der Waals surface area contributed by atoms with Gasteiger partial charge in [-0.2, -0.15) is 0 Å². The van der Waals surface area contributed by atoms with Crippen LogP contribution < -0.4 is 5.73 Å². The van der Waals surface area contributed by atoms with E-state index in [4.69, 9.17) is 5.73 Å². The lowest BCUT2D eigenvalue weighted by molar-refractivity contribution is 0.585. The normalized spacial score (nSPS) is 10.6. The predicted molar refractivity (Wildman–Crippen MR) is 58.8 cm³/mol. The quantitative estimate of drug-likeness (QED) is 0.788. The van der Waals surface area contributed by atoms with Crippen LogP contribution in [-0.2, 0) is 0 Å². The second-order valence-corrected chi connectivity index (χ2v) is 4.53. The smallest absolute Gasteiger partial charge is 0.133 e. The van der Waals surface area contributed by atoms with Gasteiger partial charge in [-0.1, -0.05) is 0 Å². The van der Waals surface area contributed by atoms with Crippen LogP contribution in [-0.4, -0.2) is 0 Å². The van der Waals surface area contributed by atoms with Crippen molar-refractivity contribution in [2.24, 2.45) is 0 Å². The Morgan fingerprint density at radius 3 is 2.40 bits per heavy atom. The minimum Gasteiger partial charge on any atom is -0.391 e. The van der Waals surface area contributed by atoms with Crippen molar-refractivity contribution >= 4 is 16.3 Å². The fraction of sp³-hybridized carbons (Fsp3) is 0.0909. The van der Waals surface area contributed by atoms with Gasteiger partial charge in [0.15, 0.2) is 0 Å². The Morgan fingerprint density at radius 2 is 1.87 bits per heavy atom. The number of benzene rings is 1. The van der Waals surface area contributed by atoms with Gasteiger partial charge in [-0.15, -0.1) is 11.3 Å². The fourth-order valence-corrected chi connectivity index (χ4v) is 2.29. The van der Waals surface area contributed by atoms with Gasteiger partial charge in [-0.3, -0.25) is 0 Å². The van der Waals surface area contributed by atoms with Crippen LogP contribution in [0.1, 0.15) is 4.88 Å². The number of nitrogens with two attached hydrogens (primary N) is 1. The zero-order valence-corrected chi connectivity index (χ0v) is 8.87. The van der Waals surface area contributed by atoms with Crippen molar-refractivity contribution in [3.8, 4) is 11.1 Å². The fourth-order valence-electron chi connectivity index (χ4n) is 1.48. The molecule has 0 saturated heterocycles. The lowest BCUT2D eigenvalue weighted by atomic mass is 10.1. The maximum Gasteiger partial charge on any atom is 0.133 e. The molecule has 0 radical (unpaired) electrons. The lowest BCUT2D eigenvalue weighted by Gasteiger charge is -2.01. The number of rotatable bonds is 1. The first kappa shape index (κ1) is 10.1. The number of halogens is 2. The molecule has 0 unspecified atom stereocenters. The first-order valence-electron chi connectivity index (χ1n) is 4.39. The Bertz CT molecular complexity index is 505. The SMILES string of the molecule is Cc1sc(N)cc1-c1ccc(F)cc1F. The molecule has 1 nitrogen and oxygen atoms in total. The molecule has 0 bridgehead atoms. The standard InChI is InChI=1S/C11H9F2NS/c1-6-9(5-11(14)15-6)8-3-2-7(12)4-10(8)13/h2-5H,14H2,1H3. The molecule has 2 N–H and O–H groups in total. The molecule has 2 rings (SSSR count). The summed E-state index contributed by atoms with van der Waals surface area (Å²) in [4.78, 5) is 0.929. The summed E-state index contributed by atoms with van der Waals surface area (Å²) in [7, 11) is 0. The summed E-state index contributed by atoms with van der Waals surface area (Å²) in [5.74, 6) is -1.13. The summed E-state index contributed by atoms with van der Waals surface area (Å²) < 4.78 is 26.2. The maximum absolute atomic E-state index is 13.4. The number of nitrogen functional groups attached to an aromatic ring is 1. The number of anilines is 1. The van der Waals surface area contributed by atoms with Crippen molar-refractivity contribution < 1.29 is 8.78 Å². The highest BCUT2D eigenvalue weighted by molar-refractivity contribution is 7.16. The van der Waals surface area contributed by atoms with Gasteiger partial charge >= 0.3 is 0 Å². The van der Waals surface area contributed by atoms with Gasteiger partial charge in [0.25, 0.3) is 0 Å². The molecular formula is C11H9F2NS. The number of thiophene rings is 1. The zero-order chi connectivity index (χ0) is 11.0. The second-order valence-electron chi connectivity index (χ2n) is 3.24. The maximum atomic E-state index is 13.4. The Morgan fingerprint density at radius 1 is 1.13 bits per heavy atom. The van der Waals surface area contributed by atoms with Crippen molar-refractivity contribution in [3.63, 3.8) is 0 Å². The highest BCUT2D eigenvalue weighted by Gasteiger charge is 2.11. The van der Waals surface area contributed by atoms with E-state index in [1.54, 1.807) is 6.07 Å². The number of hydrogen-bond acceptors (Lipinski definition) is 2. The molecule has 15 heavy (non-hydrogen) atoms. The Labute approximate surface area is 90.2 Å². The molecule has 1 heterocycles. The van der Waals surface area contributed by atoms with Crippen LogP contribution in [0.15, 0.2) is 24.3 Å². The van der Waals surface area contributed by atoms with Gasteiger partial charge in [0.2, 0.25) is 0 Å². The molecule has 0 fully saturated rings. The second kappa shape index (κ2) is 3.62. The van der Waals surface area contributed by atoms with E-state index < -0.39 is 11.6 Å². The molecule has 1 aromatic heterocycles. The van der Waals surface area contributed by atoms with E-state index in [1.807, 2.05) is 6.92 Å². The van der Waals surface area contributed by atoms with Gasteiger partial charge in [-0.25, -0.2) is 8.78 Å². The minimum absolute atomic E-state index is 0.391. The molecule has 78 valence electrons. The first-order valence-corrected chi connectivity index (χ1v) is 5.21. The average molecular weight is 225 g/mol. The third-order valence-electron chi connectivity index (χ3n) is 2.16. The van der Waals surface area contributed by atoms with E-state index in [9.17, 15) is 8.78 Å². The zero-order valence-electron chi connectivity index (χ0n) is 8.05. The van der Waals surface area contributed by atoms with Crippen molar-refractivity contribution in [2.45, 2.75) is 6.92 Å². The summed E-state index contributed by atoms with van der Waals surface area (Å²) in [5, 5.41) is 0.631. The van der Waals surface area contributed by atoms with E-state index in [0.29, 0.717) is 10.6 Å². The van der Waals surface area contributed by atoms with Crippen LogP contribution in [0.2, 0.25) is 0 Å². The van der Waals surface area contributed by atoms with E-state index in [2.05, 4.69) is 0 Å². The summed E-state index contributed by atoms with van der Waals surface area (Å²) in [5.41, 5.74) is 6.74. The topological polar surface area (TPSA) is 26.0 Å². The van der Waals surface area contributed by atoms with Crippen molar-refractivity contribution in [3.05, 3.63) is 40.8 Å². The van der Waals surface area contributed by atoms with E-state index in [-0.39, 0.29) is 0 Å². The molecule has 0 atom stereocenters. The van der Waals surface area contributed by atoms with Crippen LogP contribution >= 0.6 is 11.3 Å². The van der Waals surface area contributed by atoms with Crippen LogP contribution in [0.3, 0.4) is 0 Å². The van der Waals surface area contributed by atoms with Crippen LogP contribution in [0.4, 0.5) is 13.8 Å².